The Morgan fingerprint density at radius 1 is 1.10 bits per heavy atom. The molecule has 1 aliphatic heterocycles. The lowest BCUT2D eigenvalue weighted by Gasteiger charge is -2.41. The summed E-state index contributed by atoms with van der Waals surface area (Å²) in [7, 11) is 0. The number of aliphatic carboxylic acids is 1. The molecule has 0 saturated carbocycles. The molecular weight excluding hydrogens is 525 g/mol. The van der Waals surface area contributed by atoms with Crippen molar-refractivity contribution in [2.24, 2.45) is 5.41 Å². The second kappa shape index (κ2) is 13.3. The third-order valence-corrected chi connectivity index (χ3v) is 6.98. The summed E-state index contributed by atoms with van der Waals surface area (Å²) in [5.41, 5.74) is 4.88. The third-order valence-electron chi connectivity index (χ3n) is 6.98. The van der Waals surface area contributed by atoms with Gasteiger partial charge in [0, 0.05) is 43.5 Å². The van der Waals surface area contributed by atoms with E-state index in [1.807, 2.05) is 21.6 Å². The highest BCUT2D eigenvalue weighted by Gasteiger charge is 2.38. The van der Waals surface area contributed by atoms with E-state index in [9.17, 15) is 23.1 Å². The second-order valence-corrected chi connectivity index (χ2v) is 10.0. The number of nitriles is 1. The average Bonchev–Trinajstić information content (AvgIpc) is 3.35. The standard InChI is InChI=1S/C27H30N4O2.C2HF3O2/c1-21-3-2-4-24(13-21)15-27(19-32)9-11-30(12-10-27)26(33)14-25-17-29-20-31(25)18-23-7-5-22(16-28)6-8-23;3-2(4,5)1(6)7/h2-8,13,17,20,32H,9-12,14-15,18-19H2,1H3;(H,6,7). The Balaban J connectivity index is 0.000000559. The van der Waals surface area contributed by atoms with Crippen LogP contribution in [0.3, 0.4) is 0 Å². The molecule has 0 radical (unpaired) electrons. The summed E-state index contributed by atoms with van der Waals surface area (Å²) in [4.78, 5) is 28.1. The number of hydrogen-bond acceptors (Lipinski definition) is 5. The first-order valence-electron chi connectivity index (χ1n) is 12.7. The summed E-state index contributed by atoms with van der Waals surface area (Å²) >= 11 is 0. The zero-order valence-corrected chi connectivity index (χ0v) is 22.1. The number of aliphatic hydroxyl groups excluding tert-OH is 1. The van der Waals surface area contributed by atoms with Gasteiger partial charge in [0.2, 0.25) is 5.91 Å². The molecule has 1 saturated heterocycles. The Kier molecular flexibility index (Phi) is 10.1. The number of carboxylic acids is 1. The molecule has 0 spiro atoms. The number of piperidine rings is 1. The summed E-state index contributed by atoms with van der Waals surface area (Å²) in [6, 6.07) is 18.0. The average molecular weight is 557 g/mol. The molecular formula is C29H31F3N4O4. The molecule has 2 heterocycles. The minimum absolute atomic E-state index is 0.0960. The lowest BCUT2D eigenvalue weighted by Crippen LogP contribution is -2.46. The van der Waals surface area contributed by atoms with Crippen LogP contribution in [0.4, 0.5) is 13.2 Å². The largest absolute Gasteiger partial charge is 0.490 e. The number of imidazole rings is 1. The quantitative estimate of drug-likeness (QED) is 0.452. The van der Waals surface area contributed by atoms with Crippen molar-refractivity contribution in [2.45, 2.75) is 45.3 Å². The Morgan fingerprint density at radius 2 is 1.75 bits per heavy atom. The number of benzene rings is 2. The molecule has 40 heavy (non-hydrogen) atoms. The molecule has 4 rings (SSSR count). The van der Waals surface area contributed by atoms with Crippen LogP contribution in [0.25, 0.3) is 0 Å². The highest BCUT2D eigenvalue weighted by Crippen LogP contribution is 2.35. The summed E-state index contributed by atoms with van der Waals surface area (Å²) in [6.07, 6.45) is 1.16. The zero-order chi connectivity index (χ0) is 29.3. The number of nitrogens with zero attached hydrogens (tertiary/aromatic N) is 4. The first kappa shape index (κ1) is 30.4. The highest BCUT2D eigenvalue weighted by molar-refractivity contribution is 5.78. The van der Waals surface area contributed by atoms with Crippen LogP contribution in [-0.2, 0) is 29.0 Å². The molecule has 11 heteroatoms. The molecule has 8 nitrogen and oxygen atoms in total. The van der Waals surface area contributed by atoms with Crippen LogP contribution in [0.15, 0.2) is 61.1 Å². The number of amides is 1. The summed E-state index contributed by atoms with van der Waals surface area (Å²) in [5, 5.41) is 26.3. The van der Waals surface area contributed by atoms with Crippen LogP contribution in [0.2, 0.25) is 0 Å². The fourth-order valence-corrected chi connectivity index (χ4v) is 4.66. The van der Waals surface area contributed by atoms with Crippen molar-refractivity contribution in [1.29, 1.82) is 5.26 Å². The molecule has 0 atom stereocenters. The van der Waals surface area contributed by atoms with Gasteiger partial charge in [0.25, 0.3) is 0 Å². The van der Waals surface area contributed by atoms with E-state index >= 15 is 0 Å². The fraction of sp³-hybridized carbons (Fsp3) is 0.379. The molecule has 2 aromatic carbocycles. The number of likely N-dealkylation sites (tertiary alicyclic amines) is 1. The van der Waals surface area contributed by atoms with Crippen molar-refractivity contribution >= 4 is 11.9 Å². The van der Waals surface area contributed by atoms with Gasteiger partial charge in [-0.2, -0.15) is 18.4 Å². The number of rotatable bonds is 7. The van der Waals surface area contributed by atoms with Gasteiger partial charge in [0.1, 0.15) is 0 Å². The molecule has 0 unspecified atom stereocenters. The van der Waals surface area contributed by atoms with Crippen LogP contribution < -0.4 is 0 Å². The molecule has 2 N–H and O–H groups in total. The first-order chi connectivity index (χ1) is 18.9. The molecule has 0 bridgehead atoms. The first-order valence-corrected chi connectivity index (χ1v) is 12.7. The zero-order valence-electron chi connectivity index (χ0n) is 22.1. The summed E-state index contributed by atoms with van der Waals surface area (Å²) in [5.74, 6) is -2.66. The normalized spacial score (nSPS) is 14.6. The predicted octanol–water partition coefficient (Wildman–Crippen LogP) is 4.13. The number of alkyl halides is 3. The van der Waals surface area contributed by atoms with Crippen molar-refractivity contribution in [2.75, 3.05) is 19.7 Å². The molecule has 212 valence electrons. The topological polar surface area (TPSA) is 119 Å². The number of carbonyl (C=O) groups is 2. The van der Waals surface area contributed by atoms with Gasteiger partial charge >= 0.3 is 12.1 Å². The predicted molar refractivity (Wildman–Crippen MR) is 140 cm³/mol. The van der Waals surface area contributed by atoms with Gasteiger partial charge < -0.3 is 19.7 Å². The maximum atomic E-state index is 13.0. The molecule has 1 aromatic heterocycles. The van der Waals surface area contributed by atoms with Gasteiger partial charge in [-0.05, 0) is 49.4 Å². The number of carboxylic acid groups (broad SMARTS) is 1. The fourth-order valence-electron chi connectivity index (χ4n) is 4.66. The smallest absolute Gasteiger partial charge is 0.475 e. The van der Waals surface area contributed by atoms with Crippen LogP contribution in [-0.4, -0.2) is 62.4 Å². The van der Waals surface area contributed by atoms with E-state index in [-0.39, 0.29) is 17.9 Å². The maximum absolute atomic E-state index is 13.0. The third kappa shape index (κ3) is 8.41. The maximum Gasteiger partial charge on any atom is 0.490 e. The number of hydrogen-bond donors (Lipinski definition) is 2. The van der Waals surface area contributed by atoms with Gasteiger partial charge in [0.15, 0.2) is 0 Å². The Bertz CT molecular complexity index is 1340. The van der Waals surface area contributed by atoms with Crippen LogP contribution >= 0.6 is 0 Å². The highest BCUT2D eigenvalue weighted by atomic mass is 19.4. The van der Waals surface area contributed by atoms with E-state index in [4.69, 9.17) is 15.2 Å². The second-order valence-electron chi connectivity index (χ2n) is 10.0. The van der Waals surface area contributed by atoms with E-state index < -0.39 is 12.1 Å². The van der Waals surface area contributed by atoms with E-state index in [2.05, 4.69) is 42.2 Å². The Hall–Kier alpha value is -4.17. The number of aromatic nitrogens is 2. The number of carbonyl (C=O) groups excluding carboxylic acids is 1. The Labute approximate surface area is 230 Å². The summed E-state index contributed by atoms with van der Waals surface area (Å²) < 4.78 is 33.7. The monoisotopic (exact) mass is 556 g/mol. The molecule has 1 amide bonds. The van der Waals surface area contributed by atoms with Gasteiger partial charge in [-0.1, -0.05) is 42.0 Å². The van der Waals surface area contributed by atoms with Crippen molar-refractivity contribution in [3.05, 3.63) is 89.0 Å². The molecule has 0 aliphatic carbocycles. The van der Waals surface area contributed by atoms with Crippen LogP contribution in [0.5, 0.6) is 0 Å². The summed E-state index contributed by atoms with van der Waals surface area (Å²) in [6.45, 7) is 4.16. The lowest BCUT2D eigenvalue weighted by molar-refractivity contribution is -0.192. The van der Waals surface area contributed by atoms with E-state index in [0.717, 1.165) is 30.5 Å². The SMILES string of the molecule is Cc1cccc(CC2(CO)CCN(C(=O)Cc3cncn3Cc3ccc(C#N)cc3)CC2)c1.O=C(O)C(F)(F)F. The van der Waals surface area contributed by atoms with E-state index in [1.54, 1.807) is 24.7 Å². The van der Waals surface area contributed by atoms with Crippen molar-refractivity contribution in [1.82, 2.24) is 14.5 Å². The minimum Gasteiger partial charge on any atom is -0.475 e. The van der Waals surface area contributed by atoms with E-state index in [1.165, 1.54) is 11.1 Å². The van der Waals surface area contributed by atoms with Crippen molar-refractivity contribution < 1.29 is 33.0 Å². The van der Waals surface area contributed by atoms with Gasteiger partial charge in [0.05, 0.1) is 24.4 Å². The molecule has 1 fully saturated rings. The van der Waals surface area contributed by atoms with Crippen LogP contribution in [0, 0.1) is 23.7 Å². The lowest BCUT2D eigenvalue weighted by atomic mass is 9.74. The molecule has 1 aliphatic rings. The van der Waals surface area contributed by atoms with Gasteiger partial charge in [-0.15, -0.1) is 0 Å². The van der Waals surface area contributed by atoms with Gasteiger partial charge in [-0.25, -0.2) is 9.78 Å². The number of aliphatic hydroxyl groups is 1. The number of aryl methyl sites for hydroxylation is 1. The Morgan fingerprint density at radius 3 is 2.30 bits per heavy atom. The van der Waals surface area contributed by atoms with Gasteiger partial charge in [-0.3, -0.25) is 4.79 Å². The van der Waals surface area contributed by atoms with Crippen molar-refractivity contribution in [3.8, 4) is 6.07 Å². The minimum atomic E-state index is -5.08. The van der Waals surface area contributed by atoms with E-state index in [0.29, 0.717) is 31.6 Å². The number of halogens is 3. The van der Waals surface area contributed by atoms with Crippen LogP contribution in [0.1, 0.15) is 40.8 Å². The molecule has 3 aromatic rings. The van der Waals surface area contributed by atoms with Crippen molar-refractivity contribution in [3.63, 3.8) is 0 Å².